The van der Waals surface area contributed by atoms with E-state index in [1.807, 2.05) is 6.92 Å². The van der Waals surface area contributed by atoms with Crippen LogP contribution in [0.5, 0.6) is 0 Å². The number of carbonyl (C=O) groups is 2. The lowest BCUT2D eigenvalue weighted by molar-refractivity contribution is -0.120. The van der Waals surface area contributed by atoms with Crippen molar-refractivity contribution in [1.29, 1.82) is 0 Å². The van der Waals surface area contributed by atoms with Gasteiger partial charge in [0.05, 0.1) is 11.8 Å². The number of amides is 1. The second-order valence-electron chi connectivity index (χ2n) is 8.70. The SMILES string of the molecule is Cc1ccc(-c2c(CC(=O)NCC3NC(C(=O)Cl)=CS3)c(C)nc(CC(C)C)c2CN)cc1. The minimum absolute atomic E-state index is 0.110. The fourth-order valence-electron chi connectivity index (χ4n) is 3.93. The number of thioether (sulfide) groups is 1. The molecule has 1 atom stereocenters. The van der Waals surface area contributed by atoms with Crippen LogP contribution in [0, 0.1) is 19.8 Å². The zero-order valence-corrected chi connectivity index (χ0v) is 21.1. The number of allylic oxidation sites excluding steroid dienone is 1. The molecule has 1 aromatic heterocycles. The molecule has 1 aliphatic rings. The lowest BCUT2D eigenvalue weighted by Gasteiger charge is -2.21. The Morgan fingerprint density at radius 2 is 1.91 bits per heavy atom. The van der Waals surface area contributed by atoms with Crippen LogP contribution in [-0.2, 0) is 29.0 Å². The third-order valence-corrected chi connectivity index (χ3v) is 6.73. The Labute approximate surface area is 204 Å². The van der Waals surface area contributed by atoms with Crippen LogP contribution in [0.15, 0.2) is 35.4 Å². The van der Waals surface area contributed by atoms with Crippen LogP contribution in [0.4, 0.5) is 0 Å². The van der Waals surface area contributed by atoms with Gasteiger partial charge in [0.15, 0.2) is 0 Å². The number of nitrogens with one attached hydrogen (secondary N) is 2. The van der Waals surface area contributed by atoms with Crippen LogP contribution in [0.2, 0.25) is 0 Å². The molecule has 0 radical (unpaired) electrons. The predicted octanol–water partition coefficient (Wildman–Crippen LogP) is 3.95. The van der Waals surface area contributed by atoms with E-state index in [0.717, 1.165) is 40.1 Å². The Kier molecular flexibility index (Phi) is 8.57. The van der Waals surface area contributed by atoms with Gasteiger partial charge in [-0.3, -0.25) is 14.6 Å². The Balaban J connectivity index is 1.88. The van der Waals surface area contributed by atoms with Crippen molar-refractivity contribution >= 4 is 34.5 Å². The lowest BCUT2D eigenvalue weighted by atomic mass is 9.88. The van der Waals surface area contributed by atoms with Crippen LogP contribution >= 0.6 is 23.4 Å². The third-order valence-electron chi connectivity index (χ3n) is 5.54. The van der Waals surface area contributed by atoms with E-state index in [0.29, 0.717) is 24.7 Å². The summed E-state index contributed by atoms with van der Waals surface area (Å²) in [7, 11) is 0. The average molecular weight is 487 g/mol. The summed E-state index contributed by atoms with van der Waals surface area (Å²) in [6, 6.07) is 8.31. The van der Waals surface area contributed by atoms with Crippen molar-refractivity contribution < 1.29 is 9.59 Å². The highest BCUT2D eigenvalue weighted by molar-refractivity contribution is 8.03. The first kappa shape index (κ1) is 25.3. The molecule has 0 saturated carbocycles. The Morgan fingerprint density at radius 3 is 2.48 bits per heavy atom. The van der Waals surface area contributed by atoms with Crippen LogP contribution in [0.3, 0.4) is 0 Å². The molecule has 176 valence electrons. The maximum atomic E-state index is 12.9. The summed E-state index contributed by atoms with van der Waals surface area (Å²) in [4.78, 5) is 29.1. The fourth-order valence-corrected chi connectivity index (χ4v) is 4.95. The molecule has 0 saturated heterocycles. The molecular weight excluding hydrogens is 456 g/mol. The number of rotatable bonds is 9. The highest BCUT2D eigenvalue weighted by Crippen LogP contribution is 2.33. The molecule has 1 aliphatic heterocycles. The van der Waals surface area contributed by atoms with E-state index in [1.165, 1.54) is 17.3 Å². The van der Waals surface area contributed by atoms with E-state index in [-0.39, 0.29) is 17.7 Å². The van der Waals surface area contributed by atoms with Crippen LogP contribution < -0.4 is 16.4 Å². The Bertz CT molecular complexity index is 1070. The van der Waals surface area contributed by atoms with E-state index in [4.69, 9.17) is 22.3 Å². The van der Waals surface area contributed by atoms with Gasteiger partial charge >= 0.3 is 0 Å². The number of nitrogens with two attached hydrogens (primary N) is 1. The van der Waals surface area contributed by atoms with Gasteiger partial charge in [-0.1, -0.05) is 43.7 Å². The monoisotopic (exact) mass is 486 g/mol. The van der Waals surface area contributed by atoms with E-state index < -0.39 is 5.24 Å². The van der Waals surface area contributed by atoms with Gasteiger partial charge in [0.1, 0.15) is 5.70 Å². The van der Waals surface area contributed by atoms with Gasteiger partial charge in [0, 0.05) is 29.9 Å². The first-order valence-electron chi connectivity index (χ1n) is 11.1. The van der Waals surface area contributed by atoms with Crippen molar-refractivity contribution in [3.8, 4) is 11.1 Å². The maximum absolute atomic E-state index is 12.9. The van der Waals surface area contributed by atoms with E-state index >= 15 is 0 Å². The first-order valence-corrected chi connectivity index (χ1v) is 12.4. The normalized spacial score (nSPS) is 15.4. The highest BCUT2D eigenvalue weighted by atomic mass is 35.5. The topological polar surface area (TPSA) is 97.1 Å². The molecule has 2 heterocycles. The molecule has 4 N–H and O–H groups in total. The number of hydrogen-bond donors (Lipinski definition) is 3. The molecular formula is C25H31ClN4O2S. The van der Waals surface area contributed by atoms with Crippen LogP contribution in [0.1, 0.15) is 41.9 Å². The van der Waals surface area contributed by atoms with Crippen molar-refractivity contribution in [1.82, 2.24) is 15.6 Å². The molecule has 0 fully saturated rings. The van der Waals surface area contributed by atoms with Crippen LogP contribution in [-0.4, -0.2) is 28.1 Å². The minimum Gasteiger partial charge on any atom is -0.367 e. The first-order chi connectivity index (χ1) is 15.7. The number of benzene rings is 1. The largest absolute Gasteiger partial charge is 0.367 e. The summed E-state index contributed by atoms with van der Waals surface area (Å²) in [5, 5.41) is 6.99. The molecule has 2 aromatic rings. The zero-order valence-electron chi connectivity index (χ0n) is 19.5. The lowest BCUT2D eigenvalue weighted by Crippen LogP contribution is -2.37. The number of aryl methyl sites for hydroxylation is 2. The average Bonchev–Trinajstić information content (AvgIpc) is 3.24. The summed E-state index contributed by atoms with van der Waals surface area (Å²) in [5.74, 6) is 0.331. The fraction of sp³-hybridized carbons (Fsp3) is 0.400. The second-order valence-corrected chi connectivity index (χ2v) is 10.1. The van der Waals surface area contributed by atoms with E-state index in [9.17, 15) is 9.59 Å². The number of halogens is 1. The number of nitrogens with zero attached hydrogens (tertiary/aromatic N) is 1. The summed E-state index contributed by atoms with van der Waals surface area (Å²) < 4.78 is 0. The van der Waals surface area contributed by atoms with Crippen LogP contribution in [0.25, 0.3) is 11.1 Å². The molecule has 0 bridgehead atoms. The van der Waals surface area contributed by atoms with Gasteiger partial charge in [-0.05, 0) is 60.0 Å². The molecule has 1 amide bonds. The Morgan fingerprint density at radius 1 is 1.21 bits per heavy atom. The van der Waals surface area contributed by atoms with Crippen molar-refractivity contribution in [2.75, 3.05) is 6.54 Å². The second kappa shape index (κ2) is 11.2. The Hall–Kier alpha value is -2.35. The van der Waals surface area contributed by atoms with Gasteiger partial charge in [-0.2, -0.15) is 0 Å². The zero-order chi connectivity index (χ0) is 24.1. The van der Waals surface area contributed by atoms with Crippen molar-refractivity contribution in [2.45, 2.75) is 52.5 Å². The van der Waals surface area contributed by atoms with Gasteiger partial charge < -0.3 is 16.4 Å². The summed E-state index contributed by atoms with van der Waals surface area (Å²) in [6.45, 7) is 9.07. The smallest absolute Gasteiger partial charge is 0.268 e. The third kappa shape index (κ3) is 6.37. The molecule has 0 spiro atoms. The number of carbonyl (C=O) groups excluding carboxylic acids is 2. The molecule has 6 nitrogen and oxygen atoms in total. The van der Waals surface area contributed by atoms with Gasteiger partial charge in [-0.25, -0.2) is 0 Å². The van der Waals surface area contributed by atoms with Crippen molar-refractivity contribution in [3.63, 3.8) is 0 Å². The summed E-state index contributed by atoms with van der Waals surface area (Å²) >= 11 is 6.93. The predicted molar refractivity (Wildman–Crippen MR) is 136 cm³/mol. The molecule has 3 rings (SSSR count). The number of pyridine rings is 1. The van der Waals surface area contributed by atoms with Gasteiger partial charge in [0.2, 0.25) is 5.91 Å². The number of aromatic nitrogens is 1. The quantitative estimate of drug-likeness (QED) is 0.464. The molecule has 0 aliphatic carbocycles. The highest BCUT2D eigenvalue weighted by Gasteiger charge is 2.23. The van der Waals surface area contributed by atoms with Crippen molar-refractivity contribution in [3.05, 3.63) is 63.4 Å². The van der Waals surface area contributed by atoms with Crippen molar-refractivity contribution in [2.24, 2.45) is 11.7 Å². The number of hydrogen-bond acceptors (Lipinski definition) is 6. The molecule has 33 heavy (non-hydrogen) atoms. The molecule has 1 aromatic carbocycles. The van der Waals surface area contributed by atoms with Gasteiger partial charge in [-0.15, -0.1) is 11.8 Å². The summed E-state index contributed by atoms with van der Waals surface area (Å²) in [6.07, 6.45) is 1.03. The minimum atomic E-state index is -0.531. The maximum Gasteiger partial charge on any atom is 0.268 e. The molecule has 1 unspecified atom stereocenters. The standard InChI is InChI=1S/C25H31ClN4O2S/c1-14(2)9-20-19(11-27)24(17-7-5-15(3)6-8-17)18(16(4)29-20)10-22(31)28-12-23-30-21(13-33-23)25(26)32/h5-8,13-14,23,30H,9-12,27H2,1-4H3,(H,28,31). The summed E-state index contributed by atoms with van der Waals surface area (Å²) in [5.41, 5.74) is 13.6. The van der Waals surface area contributed by atoms with E-state index in [2.05, 4.69) is 55.7 Å². The molecule has 8 heteroatoms. The van der Waals surface area contributed by atoms with E-state index in [1.54, 1.807) is 5.41 Å². The van der Waals surface area contributed by atoms with Gasteiger partial charge in [0.25, 0.3) is 5.24 Å².